The van der Waals surface area contributed by atoms with Gasteiger partial charge in [0.15, 0.2) is 5.96 Å². The molecule has 1 aliphatic carbocycles. The summed E-state index contributed by atoms with van der Waals surface area (Å²) in [6, 6.07) is 6.69. The molecule has 2 aliphatic rings. The van der Waals surface area contributed by atoms with Crippen molar-refractivity contribution in [2.24, 2.45) is 10.7 Å². The van der Waals surface area contributed by atoms with E-state index in [2.05, 4.69) is 33.8 Å². The van der Waals surface area contributed by atoms with Crippen LogP contribution in [0.4, 0.5) is 10.1 Å². The van der Waals surface area contributed by atoms with Crippen LogP contribution in [-0.2, 0) is 0 Å². The van der Waals surface area contributed by atoms with Crippen LogP contribution in [0.25, 0.3) is 0 Å². The number of rotatable bonds is 4. The largest absolute Gasteiger partial charge is 0.370 e. The van der Waals surface area contributed by atoms with E-state index >= 15 is 0 Å². The van der Waals surface area contributed by atoms with Crippen LogP contribution >= 0.6 is 24.0 Å². The Morgan fingerprint density at radius 2 is 1.76 bits per heavy atom. The van der Waals surface area contributed by atoms with Crippen LogP contribution < -0.4 is 10.6 Å². The summed E-state index contributed by atoms with van der Waals surface area (Å²) in [4.78, 5) is 11.4. The van der Waals surface area contributed by atoms with E-state index in [1.165, 1.54) is 31.4 Å². The van der Waals surface area contributed by atoms with Crippen LogP contribution in [0.3, 0.4) is 0 Å². The molecule has 1 saturated carbocycles. The quantitative estimate of drug-likeness (QED) is 0.425. The number of nitrogens with two attached hydrogens (primary N) is 1. The zero-order valence-electron chi connectivity index (χ0n) is 15.1. The molecule has 0 unspecified atom stereocenters. The Morgan fingerprint density at radius 1 is 1.16 bits per heavy atom. The lowest BCUT2D eigenvalue weighted by Crippen LogP contribution is -2.54. The zero-order valence-corrected chi connectivity index (χ0v) is 17.4. The van der Waals surface area contributed by atoms with Gasteiger partial charge in [-0.15, -0.1) is 24.0 Å². The molecule has 2 N–H and O–H groups in total. The lowest BCUT2D eigenvalue weighted by Gasteiger charge is -2.46. The Morgan fingerprint density at radius 3 is 2.24 bits per heavy atom. The number of anilines is 1. The molecule has 7 heteroatoms. The third kappa shape index (κ3) is 4.55. The molecule has 0 amide bonds. The lowest BCUT2D eigenvalue weighted by molar-refractivity contribution is 0.0697. The van der Waals surface area contributed by atoms with Gasteiger partial charge in [0.25, 0.3) is 0 Å². The summed E-state index contributed by atoms with van der Waals surface area (Å²) in [6.07, 6.45) is 3.69. The number of guanidine groups is 1. The molecule has 0 radical (unpaired) electrons. The first-order valence-electron chi connectivity index (χ1n) is 8.73. The SMILES string of the molecule is CN(C)C1(CN=C(N)N2CCN(c3ccc(F)cc3)CC2)CCC1.I. The number of nitrogens with zero attached hydrogens (tertiary/aromatic N) is 4. The lowest BCUT2D eigenvalue weighted by atomic mass is 9.76. The van der Waals surface area contributed by atoms with E-state index in [0.717, 1.165) is 38.4 Å². The van der Waals surface area contributed by atoms with Gasteiger partial charge in [0.2, 0.25) is 0 Å². The molecule has 1 aromatic carbocycles. The molecule has 1 heterocycles. The topological polar surface area (TPSA) is 48.1 Å². The highest BCUT2D eigenvalue weighted by molar-refractivity contribution is 14.0. The molecule has 0 spiro atoms. The average molecular weight is 461 g/mol. The van der Waals surface area contributed by atoms with Gasteiger partial charge in [0, 0.05) is 37.4 Å². The molecule has 25 heavy (non-hydrogen) atoms. The smallest absolute Gasteiger partial charge is 0.191 e. The molecule has 0 bridgehead atoms. The highest BCUT2D eigenvalue weighted by Crippen LogP contribution is 2.36. The molecule has 5 nitrogen and oxygen atoms in total. The molecule has 3 rings (SSSR count). The van der Waals surface area contributed by atoms with E-state index in [0.29, 0.717) is 5.96 Å². The predicted molar refractivity (Wildman–Crippen MR) is 112 cm³/mol. The van der Waals surface area contributed by atoms with Gasteiger partial charge in [-0.25, -0.2) is 4.39 Å². The first-order valence-corrected chi connectivity index (χ1v) is 8.73. The maximum Gasteiger partial charge on any atom is 0.191 e. The van der Waals surface area contributed by atoms with Crippen molar-refractivity contribution < 1.29 is 4.39 Å². The molecule has 2 fully saturated rings. The van der Waals surface area contributed by atoms with E-state index in [4.69, 9.17) is 5.73 Å². The van der Waals surface area contributed by atoms with Crippen molar-refractivity contribution in [3.05, 3.63) is 30.1 Å². The Kier molecular flexibility index (Phi) is 6.90. The molecule has 0 atom stereocenters. The van der Waals surface area contributed by atoms with Crippen LogP contribution in [0.2, 0.25) is 0 Å². The first-order chi connectivity index (χ1) is 11.5. The Bertz CT molecular complexity index is 578. The predicted octanol–water partition coefficient (Wildman–Crippen LogP) is 2.36. The van der Waals surface area contributed by atoms with E-state index in [-0.39, 0.29) is 35.3 Å². The minimum Gasteiger partial charge on any atom is -0.370 e. The van der Waals surface area contributed by atoms with E-state index in [1.807, 2.05) is 12.1 Å². The molecule has 140 valence electrons. The normalized spacial score (nSPS) is 20.2. The minimum absolute atomic E-state index is 0. The second-order valence-corrected chi connectivity index (χ2v) is 7.10. The second kappa shape index (κ2) is 8.53. The fraction of sp³-hybridized carbons (Fsp3) is 0.611. The Labute approximate surface area is 167 Å². The molecule has 0 aromatic heterocycles. The van der Waals surface area contributed by atoms with Crippen LogP contribution in [0.1, 0.15) is 19.3 Å². The summed E-state index contributed by atoms with van der Waals surface area (Å²) in [5.74, 6) is 0.460. The van der Waals surface area contributed by atoms with Gasteiger partial charge in [-0.2, -0.15) is 0 Å². The molecule has 1 aromatic rings. The summed E-state index contributed by atoms with van der Waals surface area (Å²) in [7, 11) is 4.26. The van der Waals surface area contributed by atoms with E-state index in [9.17, 15) is 4.39 Å². The number of likely N-dealkylation sites (N-methyl/N-ethyl adjacent to an activating group) is 1. The van der Waals surface area contributed by atoms with Gasteiger partial charge in [0.1, 0.15) is 5.82 Å². The first kappa shape index (κ1) is 20.2. The van der Waals surface area contributed by atoms with Gasteiger partial charge < -0.3 is 20.4 Å². The van der Waals surface area contributed by atoms with Crippen molar-refractivity contribution in [1.29, 1.82) is 0 Å². The van der Waals surface area contributed by atoms with Gasteiger partial charge >= 0.3 is 0 Å². The highest BCUT2D eigenvalue weighted by Gasteiger charge is 2.39. The summed E-state index contributed by atoms with van der Waals surface area (Å²) in [6.45, 7) is 4.23. The fourth-order valence-electron chi connectivity index (χ4n) is 3.51. The second-order valence-electron chi connectivity index (χ2n) is 7.10. The molecule has 1 saturated heterocycles. The number of benzene rings is 1. The van der Waals surface area contributed by atoms with Crippen LogP contribution in [0.15, 0.2) is 29.3 Å². The number of hydrogen-bond donors (Lipinski definition) is 1. The maximum atomic E-state index is 13.0. The maximum absolute atomic E-state index is 13.0. The van der Waals surface area contributed by atoms with E-state index < -0.39 is 0 Å². The average Bonchev–Trinajstić information content (AvgIpc) is 2.54. The van der Waals surface area contributed by atoms with Crippen LogP contribution in [0, 0.1) is 5.82 Å². The fourth-order valence-corrected chi connectivity index (χ4v) is 3.51. The molecular weight excluding hydrogens is 432 g/mol. The van der Waals surface area contributed by atoms with Crippen molar-refractivity contribution in [3.8, 4) is 0 Å². The van der Waals surface area contributed by atoms with Gasteiger partial charge in [-0.05, 0) is 57.6 Å². The standard InChI is InChI=1S/C18H28FN5.HI/c1-22(2)18(8-3-9-18)14-21-17(20)24-12-10-23(11-13-24)16-6-4-15(19)5-7-16;/h4-7H,3,8-14H2,1-2H3,(H2,20,21);1H. The highest BCUT2D eigenvalue weighted by atomic mass is 127. The molecule has 1 aliphatic heterocycles. The van der Waals surface area contributed by atoms with Crippen LogP contribution in [-0.4, -0.2) is 68.1 Å². The number of piperazine rings is 1. The number of aliphatic imine (C=N–C) groups is 1. The van der Waals surface area contributed by atoms with Crippen LogP contribution in [0.5, 0.6) is 0 Å². The van der Waals surface area contributed by atoms with Crippen molar-refractivity contribution in [3.63, 3.8) is 0 Å². The summed E-state index contributed by atoms with van der Waals surface area (Å²) >= 11 is 0. The van der Waals surface area contributed by atoms with Crippen molar-refractivity contribution >= 4 is 35.6 Å². The third-order valence-electron chi connectivity index (χ3n) is 5.56. The van der Waals surface area contributed by atoms with Crippen molar-refractivity contribution in [2.75, 3.05) is 51.7 Å². The third-order valence-corrected chi connectivity index (χ3v) is 5.56. The summed E-state index contributed by atoms with van der Waals surface area (Å²) in [5.41, 5.74) is 7.50. The molecular formula is C18H29FIN5. The Hall–Kier alpha value is -1.09. The van der Waals surface area contributed by atoms with Gasteiger partial charge in [0.05, 0.1) is 6.54 Å². The van der Waals surface area contributed by atoms with Gasteiger partial charge in [-0.1, -0.05) is 0 Å². The summed E-state index contributed by atoms with van der Waals surface area (Å²) < 4.78 is 13.0. The van der Waals surface area contributed by atoms with Crippen molar-refractivity contribution in [1.82, 2.24) is 9.80 Å². The minimum atomic E-state index is -0.195. The summed E-state index contributed by atoms with van der Waals surface area (Å²) in [5, 5.41) is 0. The van der Waals surface area contributed by atoms with E-state index in [1.54, 1.807) is 0 Å². The van der Waals surface area contributed by atoms with Crippen molar-refractivity contribution in [2.45, 2.75) is 24.8 Å². The van der Waals surface area contributed by atoms with Gasteiger partial charge in [-0.3, -0.25) is 4.99 Å². The number of hydrogen-bond acceptors (Lipinski definition) is 3. The zero-order chi connectivity index (χ0) is 17.2. The number of halogens is 2. The Balaban J connectivity index is 0.00000225. The monoisotopic (exact) mass is 461 g/mol.